The van der Waals surface area contributed by atoms with Gasteiger partial charge in [0.15, 0.2) is 0 Å². The van der Waals surface area contributed by atoms with Crippen LogP contribution in [0.25, 0.3) is 0 Å². The van der Waals surface area contributed by atoms with Crippen LogP contribution in [0, 0.1) is 0 Å². The van der Waals surface area contributed by atoms with E-state index in [4.69, 9.17) is 4.74 Å². The Kier molecular flexibility index (Phi) is 4.72. The molecule has 0 atom stereocenters. The molecule has 2 N–H and O–H groups in total. The van der Waals surface area contributed by atoms with Crippen LogP contribution in [0.3, 0.4) is 0 Å². The van der Waals surface area contributed by atoms with Crippen molar-refractivity contribution in [2.75, 3.05) is 51.3 Å². The van der Waals surface area contributed by atoms with Gasteiger partial charge < -0.3 is 15.4 Å². The lowest BCUT2D eigenvalue weighted by molar-refractivity contribution is 0.0383. The summed E-state index contributed by atoms with van der Waals surface area (Å²) < 4.78 is 5.32. The van der Waals surface area contributed by atoms with E-state index in [0.29, 0.717) is 6.54 Å². The van der Waals surface area contributed by atoms with Gasteiger partial charge in [-0.1, -0.05) is 6.07 Å². The Hall–Kier alpha value is -1.59. The monoisotopic (exact) mass is 289 g/mol. The van der Waals surface area contributed by atoms with E-state index in [1.54, 1.807) is 0 Å². The predicted molar refractivity (Wildman–Crippen MR) is 82.8 cm³/mol. The molecule has 1 aromatic carbocycles. The highest BCUT2D eigenvalue weighted by Crippen LogP contribution is 2.25. The Morgan fingerprint density at radius 2 is 2.19 bits per heavy atom. The van der Waals surface area contributed by atoms with Crippen molar-refractivity contribution in [3.63, 3.8) is 0 Å². The van der Waals surface area contributed by atoms with Gasteiger partial charge in [-0.3, -0.25) is 9.69 Å². The molecule has 114 valence electrons. The predicted octanol–water partition coefficient (Wildman–Crippen LogP) is 1.11. The van der Waals surface area contributed by atoms with E-state index in [-0.39, 0.29) is 5.91 Å². The molecule has 2 aliphatic rings. The van der Waals surface area contributed by atoms with Crippen molar-refractivity contribution in [3.8, 4) is 0 Å². The largest absolute Gasteiger partial charge is 0.385 e. The second-order valence-electron chi connectivity index (χ2n) is 5.57. The number of hydrogen-bond donors (Lipinski definition) is 2. The number of morpholine rings is 1. The average molecular weight is 289 g/mol. The Morgan fingerprint density at radius 1 is 1.33 bits per heavy atom. The number of ether oxygens (including phenoxy) is 1. The maximum atomic E-state index is 12.4. The van der Waals surface area contributed by atoms with Crippen LogP contribution in [0.15, 0.2) is 18.2 Å². The van der Waals surface area contributed by atoms with Crippen LogP contribution in [0.5, 0.6) is 0 Å². The summed E-state index contributed by atoms with van der Waals surface area (Å²) in [6, 6.07) is 5.93. The van der Waals surface area contributed by atoms with Crippen LogP contribution in [0.2, 0.25) is 0 Å². The first kappa shape index (κ1) is 14.4. The third kappa shape index (κ3) is 3.54. The van der Waals surface area contributed by atoms with E-state index < -0.39 is 0 Å². The highest BCUT2D eigenvalue weighted by atomic mass is 16.5. The lowest BCUT2D eigenvalue weighted by atomic mass is 9.97. The molecule has 1 fully saturated rings. The van der Waals surface area contributed by atoms with E-state index in [1.807, 2.05) is 12.1 Å². The fourth-order valence-corrected chi connectivity index (χ4v) is 2.97. The summed E-state index contributed by atoms with van der Waals surface area (Å²) >= 11 is 0. The molecule has 0 spiro atoms. The fraction of sp³-hybridized carbons (Fsp3) is 0.562. The molecule has 1 aromatic rings. The van der Waals surface area contributed by atoms with Crippen LogP contribution in [0.4, 0.5) is 5.69 Å². The maximum Gasteiger partial charge on any atom is 0.251 e. The number of amides is 1. The summed E-state index contributed by atoms with van der Waals surface area (Å²) in [5, 5.41) is 6.41. The highest BCUT2D eigenvalue weighted by Gasteiger charge is 2.17. The van der Waals surface area contributed by atoms with Crippen molar-refractivity contribution in [2.45, 2.75) is 12.8 Å². The second-order valence-corrected chi connectivity index (χ2v) is 5.57. The van der Waals surface area contributed by atoms with Gasteiger partial charge in [0.2, 0.25) is 0 Å². The molecule has 0 radical (unpaired) electrons. The van der Waals surface area contributed by atoms with Gasteiger partial charge in [-0.05, 0) is 30.5 Å². The number of nitrogens with one attached hydrogen (secondary N) is 2. The first-order valence-electron chi connectivity index (χ1n) is 7.78. The summed E-state index contributed by atoms with van der Waals surface area (Å²) in [7, 11) is 0. The molecule has 1 saturated heterocycles. The molecule has 5 nitrogen and oxygen atoms in total. The third-order valence-electron chi connectivity index (χ3n) is 4.16. The van der Waals surface area contributed by atoms with Gasteiger partial charge in [-0.25, -0.2) is 0 Å². The topological polar surface area (TPSA) is 53.6 Å². The van der Waals surface area contributed by atoms with Gasteiger partial charge in [-0.15, -0.1) is 0 Å². The summed E-state index contributed by atoms with van der Waals surface area (Å²) in [4.78, 5) is 14.7. The molecule has 21 heavy (non-hydrogen) atoms. The quantitative estimate of drug-likeness (QED) is 0.872. The zero-order valence-electron chi connectivity index (χ0n) is 12.4. The number of anilines is 1. The smallest absolute Gasteiger partial charge is 0.251 e. The summed E-state index contributed by atoms with van der Waals surface area (Å²) in [6.07, 6.45) is 2.07. The Balaban J connectivity index is 1.55. The molecular formula is C16H23N3O2. The molecule has 3 rings (SSSR count). The van der Waals surface area contributed by atoms with Gasteiger partial charge >= 0.3 is 0 Å². The normalized spacial score (nSPS) is 18.7. The first-order valence-corrected chi connectivity index (χ1v) is 7.78. The molecule has 0 aliphatic carbocycles. The number of nitrogens with zero attached hydrogens (tertiary/aromatic N) is 1. The van der Waals surface area contributed by atoms with E-state index in [2.05, 4.69) is 21.6 Å². The van der Waals surface area contributed by atoms with Gasteiger partial charge in [0.1, 0.15) is 0 Å². The standard InChI is InChI=1S/C16H23N3O2/c20-16(18-7-8-19-9-11-21-12-10-19)14-3-1-5-15-13(14)4-2-6-17-15/h1,3,5,17H,2,4,6-12H2,(H,18,20). The number of carbonyl (C=O) groups is 1. The first-order chi connectivity index (χ1) is 10.3. The number of rotatable bonds is 4. The Bertz CT molecular complexity index is 498. The molecule has 2 heterocycles. The fourth-order valence-electron chi connectivity index (χ4n) is 2.97. The third-order valence-corrected chi connectivity index (χ3v) is 4.16. The number of carbonyl (C=O) groups excluding carboxylic acids is 1. The highest BCUT2D eigenvalue weighted by molar-refractivity contribution is 5.97. The molecule has 1 amide bonds. The van der Waals surface area contributed by atoms with Crippen molar-refractivity contribution >= 4 is 11.6 Å². The van der Waals surface area contributed by atoms with Gasteiger partial charge in [0.05, 0.1) is 13.2 Å². The summed E-state index contributed by atoms with van der Waals surface area (Å²) in [6.45, 7) is 6.09. The molecular weight excluding hydrogens is 266 g/mol. The lowest BCUT2D eigenvalue weighted by Gasteiger charge is -2.26. The van der Waals surface area contributed by atoms with Crippen LogP contribution in [-0.4, -0.2) is 56.7 Å². The Labute approximate surface area is 125 Å². The maximum absolute atomic E-state index is 12.4. The van der Waals surface area contributed by atoms with Gasteiger partial charge in [-0.2, -0.15) is 0 Å². The van der Waals surface area contributed by atoms with Crippen LogP contribution in [-0.2, 0) is 11.2 Å². The van der Waals surface area contributed by atoms with E-state index >= 15 is 0 Å². The minimum atomic E-state index is 0.0452. The summed E-state index contributed by atoms with van der Waals surface area (Å²) in [5.41, 5.74) is 3.09. The average Bonchev–Trinajstić information content (AvgIpc) is 2.55. The number of hydrogen-bond acceptors (Lipinski definition) is 4. The van der Waals surface area contributed by atoms with Crippen LogP contribution in [0.1, 0.15) is 22.3 Å². The molecule has 0 saturated carbocycles. The van der Waals surface area contributed by atoms with Crippen molar-refractivity contribution in [3.05, 3.63) is 29.3 Å². The Morgan fingerprint density at radius 3 is 3.05 bits per heavy atom. The molecule has 0 aromatic heterocycles. The molecule has 0 bridgehead atoms. The van der Waals surface area contributed by atoms with Crippen molar-refractivity contribution in [1.82, 2.24) is 10.2 Å². The zero-order valence-corrected chi connectivity index (χ0v) is 12.4. The van der Waals surface area contributed by atoms with Crippen molar-refractivity contribution < 1.29 is 9.53 Å². The molecule has 0 unspecified atom stereocenters. The molecule has 2 aliphatic heterocycles. The van der Waals surface area contributed by atoms with Crippen LogP contribution < -0.4 is 10.6 Å². The minimum absolute atomic E-state index is 0.0452. The van der Waals surface area contributed by atoms with Crippen LogP contribution >= 0.6 is 0 Å². The van der Waals surface area contributed by atoms with Crippen molar-refractivity contribution in [2.24, 2.45) is 0 Å². The summed E-state index contributed by atoms with van der Waals surface area (Å²) in [5.74, 6) is 0.0452. The zero-order chi connectivity index (χ0) is 14.5. The molecule has 5 heteroatoms. The number of fused-ring (bicyclic) bond motifs is 1. The second kappa shape index (κ2) is 6.91. The van der Waals surface area contributed by atoms with E-state index in [9.17, 15) is 4.79 Å². The lowest BCUT2D eigenvalue weighted by Crippen LogP contribution is -2.41. The van der Waals surface area contributed by atoms with Gasteiger partial charge in [0.25, 0.3) is 5.91 Å². The number of benzene rings is 1. The van der Waals surface area contributed by atoms with Gasteiger partial charge in [0, 0.05) is 44.0 Å². The SMILES string of the molecule is O=C(NCCN1CCOCC1)c1cccc2c1CCCN2. The van der Waals surface area contributed by atoms with Crippen molar-refractivity contribution in [1.29, 1.82) is 0 Å². The van der Waals surface area contributed by atoms with E-state index in [1.165, 1.54) is 0 Å². The van der Waals surface area contributed by atoms with E-state index in [0.717, 1.165) is 69.0 Å². The minimum Gasteiger partial charge on any atom is -0.385 e.